The van der Waals surface area contributed by atoms with Crippen molar-refractivity contribution in [1.29, 1.82) is 5.26 Å². The van der Waals surface area contributed by atoms with Crippen molar-refractivity contribution in [3.8, 4) is 6.07 Å². The summed E-state index contributed by atoms with van der Waals surface area (Å²) in [4.78, 5) is 6.20. The SMILES string of the molecule is N#C[C@@H](CN1CCc2ccccc2C1)[C@@H](O)c1ccncc1. The van der Waals surface area contributed by atoms with E-state index >= 15 is 0 Å². The zero-order valence-corrected chi connectivity index (χ0v) is 12.4. The highest BCUT2D eigenvalue weighted by Crippen LogP contribution is 2.25. The van der Waals surface area contributed by atoms with Gasteiger partial charge in [-0.15, -0.1) is 0 Å². The van der Waals surface area contributed by atoms with Crippen LogP contribution in [0.25, 0.3) is 0 Å². The second-order valence-corrected chi connectivity index (χ2v) is 5.71. The van der Waals surface area contributed by atoms with E-state index in [4.69, 9.17) is 0 Å². The predicted molar refractivity (Wildman–Crippen MR) is 83.7 cm³/mol. The number of benzene rings is 1. The Labute approximate surface area is 130 Å². The van der Waals surface area contributed by atoms with Gasteiger partial charge in [-0.2, -0.15) is 5.26 Å². The number of fused-ring (bicyclic) bond motifs is 1. The average molecular weight is 293 g/mol. The van der Waals surface area contributed by atoms with Crippen LogP contribution in [0.15, 0.2) is 48.8 Å². The number of aliphatic hydroxyl groups excluding tert-OH is 1. The van der Waals surface area contributed by atoms with Gasteiger partial charge in [0.1, 0.15) is 0 Å². The molecule has 0 amide bonds. The molecule has 4 heteroatoms. The highest BCUT2D eigenvalue weighted by Gasteiger charge is 2.25. The summed E-state index contributed by atoms with van der Waals surface area (Å²) in [5, 5.41) is 19.9. The number of aromatic nitrogens is 1. The lowest BCUT2D eigenvalue weighted by molar-refractivity contribution is 0.101. The van der Waals surface area contributed by atoms with Crippen molar-refractivity contribution in [3.05, 3.63) is 65.5 Å². The van der Waals surface area contributed by atoms with Crippen LogP contribution in [0.1, 0.15) is 22.8 Å². The van der Waals surface area contributed by atoms with Gasteiger partial charge in [-0.05, 0) is 35.2 Å². The number of nitrogens with zero attached hydrogens (tertiary/aromatic N) is 3. The topological polar surface area (TPSA) is 60.2 Å². The number of rotatable bonds is 4. The summed E-state index contributed by atoms with van der Waals surface area (Å²) >= 11 is 0. The minimum absolute atomic E-state index is 0.437. The van der Waals surface area contributed by atoms with Gasteiger partial charge in [0, 0.05) is 32.0 Å². The van der Waals surface area contributed by atoms with E-state index < -0.39 is 12.0 Å². The fourth-order valence-electron chi connectivity index (χ4n) is 2.99. The zero-order chi connectivity index (χ0) is 15.4. The molecule has 0 saturated carbocycles. The Bertz CT molecular complexity index is 666. The molecule has 2 aromatic rings. The molecule has 0 radical (unpaired) electrons. The van der Waals surface area contributed by atoms with Gasteiger partial charge in [0.05, 0.1) is 18.1 Å². The molecular formula is C18H19N3O. The third kappa shape index (κ3) is 3.16. The van der Waals surface area contributed by atoms with E-state index in [2.05, 4.69) is 40.2 Å². The molecular weight excluding hydrogens is 274 g/mol. The Morgan fingerprint density at radius 2 is 1.91 bits per heavy atom. The summed E-state index contributed by atoms with van der Waals surface area (Å²) in [5.41, 5.74) is 3.46. The predicted octanol–water partition coefficient (Wildman–Crippen LogP) is 2.31. The maximum atomic E-state index is 10.4. The molecule has 0 spiro atoms. The Morgan fingerprint density at radius 1 is 1.18 bits per heavy atom. The van der Waals surface area contributed by atoms with Crippen LogP contribution in [0, 0.1) is 17.2 Å². The molecule has 22 heavy (non-hydrogen) atoms. The fraction of sp³-hybridized carbons (Fsp3) is 0.333. The van der Waals surface area contributed by atoms with E-state index in [9.17, 15) is 10.4 Å². The molecule has 2 atom stereocenters. The summed E-state index contributed by atoms with van der Waals surface area (Å²) in [5.74, 6) is -0.437. The van der Waals surface area contributed by atoms with Crippen LogP contribution in [0.2, 0.25) is 0 Å². The summed E-state index contributed by atoms with van der Waals surface area (Å²) in [6.07, 6.45) is 3.51. The molecule has 112 valence electrons. The Balaban J connectivity index is 1.68. The standard InChI is InChI=1S/C18H19N3O/c19-11-17(18(22)15-5-8-20-9-6-15)13-21-10-7-14-3-1-2-4-16(14)12-21/h1-6,8-9,17-18,22H,7,10,12-13H2/t17-,18-/m0/s1. The van der Waals surface area contributed by atoms with E-state index in [-0.39, 0.29) is 0 Å². The molecule has 0 unspecified atom stereocenters. The first-order valence-electron chi connectivity index (χ1n) is 7.54. The van der Waals surface area contributed by atoms with Crippen molar-refractivity contribution in [2.75, 3.05) is 13.1 Å². The largest absolute Gasteiger partial charge is 0.387 e. The lowest BCUT2D eigenvalue weighted by Crippen LogP contribution is -2.36. The third-order valence-corrected chi connectivity index (χ3v) is 4.26. The summed E-state index contributed by atoms with van der Waals surface area (Å²) in [7, 11) is 0. The lowest BCUT2D eigenvalue weighted by atomic mass is 9.94. The molecule has 1 aromatic heterocycles. The van der Waals surface area contributed by atoms with Crippen molar-refractivity contribution in [2.24, 2.45) is 5.92 Å². The number of aliphatic hydroxyl groups is 1. The Morgan fingerprint density at radius 3 is 2.64 bits per heavy atom. The Hall–Kier alpha value is -2.22. The van der Waals surface area contributed by atoms with Gasteiger partial charge >= 0.3 is 0 Å². The van der Waals surface area contributed by atoms with Crippen molar-refractivity contribution in [2.45, 2.75) is 19.1 Å². The maximum Gasteiger partial charge on any atom is 0.0961 e. The van der Waals surface area contributed by atoms with Crippen molar-refractivity contribution in [3.63, 3.8) is 0 Å². The van der Waals surface area contributed by atoms with E-state index in [0.29, 0.717) is 6.54 Å². The van der Waals surface area contributed by atoms with E-state index in [1.54, 1.807) is 24.5 Å². The molecule has 3 rings (SSSR count). The fourth-order valence-corrected chi connectivity index (χ4v) is 2.99. The van der Waals surface area contributed by atoms with Gasteiger partial charge in [0.15, 0.2) is 0 Å². The first-order valence-corrected chi connectivity index (χ1v) is 7.54. The molecule has 4 nitrogen and oxygen atoms in total. The Kier molecular flexibility index (Phi) is 4.47. The van der Waals surface area contributed by atoms with Crippen LogP contribution in [-0.2, 0) is 13.0 Å². The molecule has 0 aliphatic carbocycles. The first kappa shape index (κ1) is 14.7. The van der Waals surface area contributed by atoms with E-state index in [0.717, 1.165) is 25.1 Å². The summed E-state index contributed by atoms with van der Waals surface area (Å²) < 4.78 is 0. The van der Waals surface area contributed by atoms with Crippen LogP contribution in [0.3, 0.4) is 0 Å². The van der Waals surface area contributed by atoms with Gasteiger partial charge in [-0.3, -0.25) is 9.88 Å². The third-order valence-electron chi connectivity index (χ3n) is 4.26. The van der Waals surface area contributed by atoms with E-state index in [1.807, 2.05) is 0 Å². The molecule has 0 saturated heterocycles. The number of hydrogen-bond acceptors (Lipinski definition) is 4. The summed E-state index contributed by atoms with van der Waals surface area (Å²) in [6, 6.07) is 14.2. The number of nitriles is 1. The molecule has 2 heterocycles. The molecule has 1 N–H and O–H groups in total. The van der Waals surface area contributed by atoms with Crippen LogP contribution in [-0.4, -0.2) is 28.1 Å². The zero-order valence-electron chi connectivity index (χ0n) is 12.4. The van der Waals surface area contributed by atoms with Crippen molar-refractivity contribution < 1.29 is 5.11 Å². The number of hydrogen-bond donors (Lipinski definition) is 1. The highest BCUT2D eigenvalue weighted by molar-refractivity contribution is 5.29. The molecule has 1 aromatic carbocycles. The highest BCUT2D eigenvalue weighted by atomic mass is 16.3. The van der Waals surface area contributed by atoms with Gasteiger partial charge in [0.25, 0.3) is 0 Å². The van der Waals surface area contributed by atoms with Crippen LogP contribution in [0.5, 0.6) is 0 Å². The first-order chi connectivity index (χ1) is 10.8. The van der Waals surface area contributed by atoms with Crippen LogP contribution < -0.4 is 0 Å². The molecule has 0 fully saturated rings. The minimum atomic E-state index is -0.773. The summed E-state index contributed by atoms with van der Waals surface area (Å²) in [6.45, 7) is 2.35. The second-order valence-electron chi connectivity index (χ2n) is 5.71. The second kappa shape index (κ2) is 6.69. The van der Waals surface area contributed by atoms with E-state index in [1.165, 1.54) is 11.1 Å². The number of pyridine rings is 1. The van der Waals surface area contributed by atoms with Gasteiger partial charge in [-0.25, -0.2) is 0 Å². The minimum Gasteiger partial charge on any atom is -0.387 e. The quantitative estimate of drug-likeness (QED) is 0.939. The normalized spacial score (nSPS) is 17.3. The molecule has 0 bridgehead atoms. The average Bonchev–Trinajstić information content (AvgIpc) is 2.59. The van der Waals surface area contributed by atoms with Gasteiger partial charge < -0.3 is 5.11 Å². The molecule has 1 aliphatic heterocycles. The lowest BCUT2D eigenvalue weighted by Gasteiger charge is -2.31. The van der Waals surface area contributed by atoms with Crippen molar-refractivity contribution >= 4 is 0 Å². The van der Waals surface area contributed by atoms with Crippen LogP contribution in [0.4, 0.5) is 0 Å². The smallest absolute Gasteiger partial charge is 0.0961 e. The molecule has 1 aliphatic rings. The van der Waals surface area contributed by atoms with Gasteiger partial charge in [-0.1, -0.05) is 24.3 Å². The maximum absolute atomic E-state index is 10.4. The van der Waals surface area contributed by atoms with Gasteiger partial charge in [0.2, 0.25) is 0 Å². The van der Waals surface area contributed by atoms with Crippen LogP contribution >= 0.6 is 0 Å². The monoisotopic (exact) mass is 293 g/mol. The van der Waals surface area contributed by atoms with Crippen molar-refractivity contribution in [1.82, 2.24) is 9.88 Å².